The molecule has 1 aliphatic carbocycles. The molecule has 24 heavy (non-hydrogen) atoms. The van der Waals surface area contributed by atoms with E-state index >= 15 is 0 Å². The highest BCUT2D eigenvalue weighted by Gasteiger charge is 2.43. The Hall–Kier alpha value is -1.66. The molecule has 126 valence electrons. The van der Waals surface area contributed by atoms with Crippen LogP contribution in [0.2, 0.25) is 0 Å². The van der Waals surface area contributed by atoms with Crippen LogP contribution in [0.1, 0.15) is 34.5 Å². The molecule has 6 heteroatoms. The minimum Gasteiger partial charge on any atom is -0.496 e. The fourth-order valence-electron chi connectivity index (χ4n) is 3.31. The average molecular weight is 409 g/mol. The molecule has 0 radical (unpaired) electrons. The molecule has 0 saturated carbocycles. The first kappa shape index (κ1) is 17.2. The number of carbonyl (C=O) groups excluding carboxylic acids is 1. The first-order valence-corrected chi connectivity index (χ1v) is 9.90. The monoisotopic (exact) mass is 408 g/mol. The lowest BCUT2D eigenvalue weighted by molar-refractivity contribution is 0.0948. The highest BCUT2D eigenvalue weighted by Crippen LogP contribution is 2.47. The Morgan fingerprint density at radius 3 is 2.42 bits per heavy atom. The Labute approximate surface area is 149 Å². The quantitative estimate of drug-likeness (QED) is 0.763. The van der Waals surface area contributed by atoms with Gasteiger partial charge < -0.3 is 4.74 Å². The van der Waals surface area contributed by atoms with Gasteiger partial charge in [-0.05, 0) is 35.7 Å². The number of fused-ring (bicyclic) bond motifs is 1. The van der Waals surface area contributed by atoms with Gasteiger partial charge in [0, 0.05) is 10.9 Å². The first-order chi connectivity index (χ1) is 11.4. The van der Waals surface area contributed by atoms with E-state index < -0.39 is 15.1 Å². The summed E-state index contributed by atoms with van der Waals surface area (Å²) in [7, 11) is -2.15. The number of methoxy groups -OCH3 is 1. The topological polar surface area (TPSA) is 60.4 Å². The van der Waals surface area contributed by atoms with Crippen LogP contribution in [0.3, 0.4) is 0 Å². The maximum atomic E-state index is 13.2. The average Bonchev–Trinajstić information content (AvgIpc) is 2.56. The van der Waals surface area contributed by atoms with Crippen LogP contribution < -0.4 is 4.74 Å². The summed E-state index contributed by atoms with van der Waals surface area (Å²) < 4.78 is 32.4. The fourth-order valence-corrected chi connectivity index (χ4v) is 6.14. The largest absolute Gasteiger partial charge is 0.496 e. The zero-order valence-electron chi connectivity index (χ0n) is 13.3. The van der Waals surface area contributed by atoms with E-state index in [1.54, 1.807) is 49.4 Å². The predicted octanol–water partition coefficient (Wildman–Crippen LogP) is 4.20. The second-order valence-corrected chi connectivity index (χ2v) is 8.85. The molecular formula is C18H17BrO4S. The van der Waals surface area contributed by atoms with Gasteiger partial charge in [0.15, 0.2) is 15.6 Å². The number of sulfone groups is 1. The van der Waals surface area contributed by atoms with Gasteiger partial charge in [0.1, 0.15) is 5.75 Å². The van der Waals surface area contributed by atoms with E-state index in [0.29, 0.717) is 21.3 Å². The zero-order chi connectivity index (χ0) is 17.5. The van der Waals surface area contributed by atoms with E-state index in [-0.39, 0.29) is 23.0 Å². The van der Waals surface area contributed by atoms with Crippen molar-refractivity contribution in [2.24, 2.45) is 5.92 Å². The molecule has 0 amide bonds. The van der Waals surface area contributed by atoms with Crippen LogP contribution in [0, 0.1) is 5.92 Å². The van der Waals surface area contributed by atoms with E-state index in [1.165, 1.54) is 7.11 Å². The van der Waals surface area contributed by atoms with Gasteiger partial charge in [-0.2, -0.15) is 0 Å². The molecular weight excluding hydrogens is 392 g/mol. The molecule has 1 aliphatic rings. The van der Waals surface area contributed by atoms with Gasteiger partial charge in [0.25, 0.3) is 0 Å². The van der Waals surface area contributed by atoms with Crippen LogP contribution in [0.15, 0.2) is 51.8 Å². The van der Waals surface area contributed by atoms with E-state index in [4.69, 9.17) is 4.74 Å². The fraction of sp³-hybridized carbons (Fsp3) is 0.278. The summed E-state index contributed by atoms with van der Waals surface area (Å²) in [6.45, 7) is 1.80. The highest BCUT2D eigenvalue weighted by atomic mass is 79.9. The molecule has 4 nitrogen and oxygen atoms in total. The molecule has 0 bridgehead atoms. The number of Topliss-reactive ketones (excluding diaryl/α,β-unsaturated/α-hetero) is 1. The van der Waals surface area contributed by atoms with Crippen LogP contribution in [0.25, 0.3) is 0 Å². The summed E-state index contributed by atoms with van der Waals surface area (Å²) in [6, 6.07) is 11.8. The number of benzene rings is 2. The SMILES string of the molecule is COc1ccc(Br)c2c1C(=O)C[C@H](C)[C@@H]2S(=O)(=O)c1ccccc1. The lowest BCUT2D eigenvalue weighted by atomic mass is 9.83. The van der Waals surface area contributed by atoms with Gasteiger partial charge >= 0.3 is 0 Å². The van der Waals surface area contributed by atoms with Gasteiger partial charge in [0.2, 0.25) is 0 Å². The molecule has 2 aromatic rings. The molecule has 2 atom stereocenters. The van der Waals surface area contributed by atoms with Crippen LogP contribution in [0.4, 0.5) is 0 Å². The Morgan fingerprint density at radius 1 is 1.12 bits per heavy atom. The Morgan fingerprint density at radius 2 is 1.79 bits per heavy atom. The number of ether oxygens (including phenoxy) is 1. The maximum Gasteiger partial charge on any atom is 0.185 e. The van der Waals surface area contributed by atoms with Crippen LogP contribution in [0.5, 0.6) is 5.75 Å². The van der Waals surface area contributed by atoms with Crippen molar-refractivity contribution in [3.05, 3.63) is 58.1 Å². The third-order valence-corrected chi connectivity index (χ3v) is 7.36. The standard InChI is InChI=1S/C18H17BrO4S/c1-11-10-14(20)17-15(23-2)9-8-13(19)16(17)18(11)24(21,22)12-6-4-3-5-7-12/h3-9,11,18H,10H2,1-2H3/t11-,18-/m0/s1. The van der Waals surface area contributed by atoms with Gasteiger partial charge in [0.05, 0.1) is 22.8 Å². The van der Waals surface area contributed by atoms with E-state index in [0.717, 1.165) is 0 Å². The van der Waals surface area contributed by atoms with Crippen LogP contribution >= 0.6 is 15.9 Å². The zero-order valence-corrected chi connectivity index (χ0v) is 15.7. The van der Waals surface area contributed by atoms with Crippen molar-refractivity contribution >= 4 is 31.6 Å². The lowest BCUT2D eigenvalue weighted by Gasteiger charge is -2.32. The Balaban J connectivity index is 2.28. The molecule has 0 heterocycles. The third kappa shape index (κ3) is 2.67. The summed E-state index contributed by atoms with van der Waals surface area (Å²) in [5, 5.41) is -0.794. The van der Waals surface area contributed by atoms with E-state index in [2.05, 4.69) is 15.9 Å². The van der Waals surface area contributed by atoms with Gasteiger partial charge in [-0.15, -0.1) is 0 Å². The van der Waals surface area contributed by atoms with Crippen molar-refractivity contribution in [3.8, 4) is 5.75 Å². The summed E-state index contributed by atoms with van der Waals surface area (Å²) in [5.74, 6) is 0.00661. The highest BCUT2D eigenvalue weighted by molar-refractivity contribution is 9.10. The minimum atomic E-state index is -3.63. The van der Waals surface area contributed by atoms with Crippen LogP contribution in [-0.4, -0.2) is 21.3 Å². The molecule has 0 N–H and O–H groups in total. The maximum absolute atomic E-state index is 13.2. The van der Waals surface area contributed by atoms with Crippen molar-refractivity contribution in [1.29, 1.82) is 0 Å². The number of carbonyl (C=O) groups is 1. The molecule has 3 rings (SSSR count). The Kier molecular flexibility index (Phi) is 4.53. The number of halogens is 1. The summed E-state index contributed by atoms with van der Waals surface area (Å²) >= 11 is 3.43. The second-order valence-electron chi connectivity index (χ2n) is 5.92. The normalized spacial score (nSPS) is 20.5. The van der Waals surface area contributed by atoms with Crippen LogP contribution in [-0.2, 0) is 9.84 Å². The minimum absolute atomic E-state index is 0.0878. The summed E-state index contributed by atoms with van der Waals surface area (Å²) in [5.41, 5.74) is 0.872. The van der Waals surface area contributed by atoms with Gasteiger partial charge in [-0.3, -0.25) is 4.79 Å². The van der Waals surface area contributed by atoms with E-state index in [9.17, 15) is 13.2 Å². The van der Waals surface area contributed by atoms with Crippen molar-refractivity contribution in [2.45, 2.75) is 23.5 Å². The molecule has 0 spiro atoms. The third-order valence-electron chi connectivity index (χ3n) is 4.37. The predicted molar refractivity (Wildman–Crippen MR) is 95.2 cm³/mol. The second kappa shape index (κ2) is 6.33. The first-order valence-electron chi connectivity index (χ1n) is 7.56. The molecule has 0 fully saturated rings. The molecule has 0 saturated heterocycles. The molecule has 2 aromatic carbocycles. The molecule has 0 aromatic heterocycles. The lowest BCUT2D eigenvalue weighted by Crippen LogP contribution is -2.30. The number of hydrogen-bond acceptors (Lipinski definition) is 4. The molecule has 0 unspecified atom stereocenters. The Bertz CT molecular complexity index is 891. The summed E-state index contributed by atoms with van der Waals surface area (Å²) in [6.07, 6.45) is 0.177. The smallest absolute Gasteiger partial charge is 0.185 e. The van der Waals surface area contributed by atoms with E-state index in [1.807, 2.05) is 0 Å². The molecule has 0 aliphatic heterocycles. The number of ketones is 1. The van der Waals surface area contributed by atoms with Crippen molar-refractivity contribution in [3.63, 3.8) is 0 Å². The van der Waals surface area contributed by atoms with Crippen molar-refractivity contribution < 1.29 is 17.9 Å². The number of hydrogen-bond donors (Lipinski definition) is 0. The van der Waals surface area contributed by atoms with Crippen molar-refractivity contribution in [2.75, 3.05) is 7.11 Å². The van der Waals surface area contributed by atoms with Crippen molar-refractivity contribution in [1.82, 2.24) is 0 Å². The van der Waals surface area contributed by atoms with Gasteiger partial charge in [-0.1, -0.05) is 41.1 Å². The number of rotatable bonds is 3. The van der Waals surface area contributed by atoms with Gasteiger partial charge in [-0.25, -0.2) is 8.42 Å². The summed E-state index contributed by atoms with van der Waals surface area (Å²) in [4.78, 5) is 12.8.